The van der Waals surface area contributed by atoms with Gasteiger partial charge in [0.25, 0.3) is 0 Å². The fourth-order valence-corrected chi connectivity index (χ4v) is 4.47. The minimum absolute atomic E-state index is 0.0678. The minimum Gasteiger partial charge on any atom is -0.496 e. The number of nitrogens with two attached hydrogens (primary N) is 1. The Balaban J connectivity index is 1.85. The summed E-state index contributed by atoms with van der Waals surface area (Å²) in [6.45, 7) is -0.397. The first kappa shape index (κ1) is 18.7. The highest BCUT2D eigenvalue weighted by Crippen LogP contribution is 2.51. The van der Waals surface area contributed by atoms with Gasteiger partial charge in [-0.15, -0.1) is 0 Å². The SMILES string of the molecule is COc1ccccc1C1c2oc(CO)cc(=O)c2Oc2nc3c(c(N)c21)CCCC3. The molecule has 0 bridgehead atoms. The van der Waals surface area contributed by atoms with Crippen molar-refractivity contribution in [3.05, 3.63) is 74.5 Å². The molecule has 5 rings (SSSR count). The van der Waals surface area contributed by atoms with Crippen LogP contribution in [0.15, 0.2) is 39.5 Å². The summed E-state index contributed by atoms with van der Waals surface area (Å²) >= 11 is 0. The maximum atomic E-state index is 12.8. The second-order valence-electron chi connectivity index (χ2n) is 7.58. The van der Waals surface area contributed by atoms with Gasteiger partial charge >= 0.3 is 0 Å². The summed E-state index contributed by atoms with van der Waals surface area (Å²) in [5, 5.41) is 9.59. The number of aryl methyl sites for hydroxylation is 1. The number of hydrogen-bond donors (Lipinski definition) is 2. The fourth-order valence-electron chi connectivity index (χ4n) is 4.47. The summed E-state index contributed by atoms with van der Waals surface area (Å²) < 4.78 is 17.5. The molecule has 2 aliphatic rings. The number of para-hydroxylation sites is 1. The average molecular weight is 406 g/mol. The highest BCUT2D eigenvalue weighted by molar-refractivity contribution is 5.68. The summed E-state index contributed by atoms with van der Waals surface area (Å²) in [5.74, 6) is 0.955. The monoisotopic (exact) mass is 406 g/mol. The summed E-state index contributed by atoms with van der Waals surface area (Å²) in [4.78, 5) is 17.5. The van der Waals surface area contributed by atoms with Crippen LogP contribution in [-0.4, -0.2) is 17.2 Å². The number of hydrogen-bond acceptors (Lipinski definition) is 7. The molecule has 0 amide bonds. The number of rotatable bonds is 3. The van der Waals surface area contributed by atoms with Gasteiger partial charge in [0.05, 0.1) is 18.6 Å². The van der Waals surface area contributed by atoms with E-state index in [0.717, 1.165) is 42.5 Å². The Labute approximate surface area is 173 Å². The average Bonchev–Trinajstić information content (AvgIpc) is 2.78. The lowest BCUT2D eigenvalue weighted by Gasteiger charge is -2.30. The Morgan fingerprint density at radius 2 is 2.07 bits per heavy atom. The van der Waals surface area contributed by atoms with Crippen LogP contribution in [0.4, 0.5) is 5.69 Å². The predicted molar refractivity (Wildman–Crippen MR) is 110 cm³/mol. The molecule has 1 unspecified atom stereocenters. The van der Waals surface area contributed by atoms with E-state index in [9.17, 15) is 9.90 Å². The highest BCUT2D eigenvalue weighted by atomic mass is 16.5. The fraction of sp³-hybridized carbons (Fsp3) is 0.304. The van der Waals surface area contributed by atoms with Crippen molar-refractivity contribution in [3.63, 3.8) is 0 Å². The van der Waals surface area contributed by atoms with E-state index in [1.807, 2.05) is 24.3 Å². The number of aliphatic hydroxyl groups excluding tert-OH is 1. The third kappa shape index (κ3) is 2.77. The van der Waals surface area contributed by atoms with Crippen LogP contribution in [0.25, 0.3) is 0 Å². The van der Waals surface area contributed by atoms with E-state index in [1.165, 1.54) is 6.07 Å². The van der Waals surface area contributed by atoms with E-state index in [2.05, 4.69) is 0 Å². The van der Waals surface area contributed by atoms with Crippen molar-refractivity contribution in [3.8, 4) is 17.4 Å². The number of aromatic nitrogens is 1. The third-order valence-electron chi connectivity index (χ3n) is 5.86. The van der Waals surface area contributed by atoms with Crippen molar-refractivity contribution in [2.75, 3.05) is 12.8 Å². The summed E-state index contributed by atoms with van der Waals surface area (Å²) in [7, 11) is 1.59. The number of benzene rings is 1. The molecule has 0 radical (unpaired) electrons. The lowest BCUT2D eigenvalue weighted by Crippen LogP contribution is -2.23. The van der Waals surface area contributed by atoms with Gasteiger partial charge in [0.1, 0.15) is 18.1 Å². The van der Waals surface area contributed by atoms with Crippen LogP contribution < -0.4 is 20.6 Å². The molecule has 0 saturated carbocycles. The number of pyridine rings is 1. The maximum absolute atomic E-state index is 12.8. The summed E-state index contributed by atoms with van der Waals surface area (Å²) in [5.41, 5.74) is 10.3. The van der Waals surface area contributed by atoms with Gasteiger partial charge in [-0.1, -0.05) is 18.2 Å². The molecule has 154 valence electrons. The summed E-state index contributed by atoms with van der Waals surface area (Å²) in [6, 6.07) is 8.76. The van der Waals surface area contributed by atoms with E-state index in [1.54, 1.807) is 7.11 Å². The van der Waals surface area contributed by atoms with E-state index in [4.69, 9.17) is 24.6 Å². The quantitative estimate of drug-likeness (QED) is 0.537. The van der Waals surface area contributed by atoms with Gasteiger partial charge in [0.2, 0.25) is 17.1 Å². The second-order valence-corrected chi connectivity index (χ2v) is 7.58. The largest absolute Gasteiger partial charge is 0.496 e. The van der Waals surface area contributed by atoms with Crippen molar-refractivity contribution in [1.82, 2.24) is 4.98 Å². The van der Waals surface area contributed by atoms with Gasteiger partial charge in [-0.25, -0.2) is 4.98 Å². The molecule has 1 atom stereocenters. The van der Waals surface area contributed by atoms with Crippen LogP contribution in [0.2, 0.25) is 0 Å². The van der Waals surface area contributed by atoms with Gasteiger partial charge in [-0.2, -0.15) is 0 Å². The van der Waals surface area contributed by atoms with Crippen LogP contribution in [0.3, 0.4) is 0 Å². The van der Waals surface area contributed by atoms with Gasteiger partial charge < -0.3 is 24.7 Å². The zero-order chi connectivity index (χ0) is 20.8. The normalized spacial score (nSPS) is 16.8. The van der Waals surface area contributed by atoms with E-state index in [-0.39, 0.29) is 16.9 Å². The zero-order valence-corrected chi connectivity index (χ0v) is 16.6. The Morgan fingerprint density at radius 3 is 2.87 bits per heavy atom. The third-order valence-corrected chi connectivity index (χ3v) is 5.86. The summed E-state index contributed by atoms with van der Waals surface area (Å²) in [6.07, 6.45) is 3.79. The highest BCUT2D eigenvalue weighted by Gasteiger charge is 2.39. The lowest BCUT2D eigenvalue weighted by atomic mass is 9.83. The van der Waals surface area contributed by atoms with Gasteiger partial charge in [0, 0.05) is 23.0 Å². The molecule has 30 heavy (non-hydrogen) atoms. The Morgan fingerprint density at radius 1 is 1.27 bits per heavy atom. The standard InChI is InChI=1S/C23H22N2O5/c1-28-17-9-5-3-7-14(17)18-19-20(24)13-6-2-4-8-15(13)25-23(19)30-21-16(27)10-12(11-26)29-22(18)21/h3,5,7,9-10,18,26H,2,4,6,8,11H2,1H3,(H2,24,25). The first-order valence-electron chi connectivity index (χ1n) is 10.0. The smallest absolute Gasteiger partial charge is 0.228 e. The number of nitrogen functional groups attached to an aromatic ring is 1. The molecule has 1 aliphatic heterocycles. The van der Waals surface area contributed by atoms with Crippen molar-refractivity contribution in [1.29, 1.82) is 0 Å². The van der Waals surface area contributed by atoms with Crippen LogP contribution in [0.1, 0.15) is 52.7 Å². The van der Waals surface area contributed by atoms with Crippen molar-refractivity contribution in [2.45, 2.75) is 38.2 Å². The topological polar surface area (TPSA) is 108 Å². The van der Waals surface area contributed by atoms with Crippen molar-refractivity contribution in [2.24, 2.45) is 0 Å². The molecule has 0 saturated heterocycles. The molecule has 1 aromatic carbocycles. The molecule has 7 heteroatoms. The van der Waals surface area contributed by atoms with Gasteiger partial charge in [-0.3, -0.25) is 4.79 Å². The molecule has 3 aromatic rings. The molecular weight excluding hydrogens is 384 g/mol. The zero-order valence-electron chi connectivity index (χ0n) is 16.6. The number of fused-ring (bicyclic) bond motifs is 3. The van der Waals surface area contributed by atoms with Crippen molar-refractivity contribution >= 4 is 5.69 Å². The number of ether oxygens (including phenoxy) is 2. The van der Waals surface area contributed by atoms with Crippen LogP contribution in [0.5, 0.6) is 17.4 Å². The Bertz CT molecular complexity index is 1200. The number of methoxy groups -OCH3 is 1. The van der Waals surface area contributed by atoms with Crippen LogP contribution in [-0.2, 0) is 19.4 Å². The number of anilines is 1. The van der Waals surface area contributed by atoms with E-state index < -0.39 is 12.5 Å². The predicted octanol–water partition coefficient (Wildman–Crippen LogP) is 3.28. The number of aliphatic hydroxyl groups is 1. The molecule has 1 aliphatic carbocycles. The lowest BCUT2D eigenvalue weighted by molar-refractivity contribution is 0.233. The first-order valence-corrected chi connectivity index (χ1v) is 10.0. The Kier molecular flexibility index (Phi) is 4.47. The molecule has 2 aromatic heterocycles. The van der Waals surface area contributed by atoms with Crippen LogP contribution >= 0.6 is 0 Å². The number of nitrogens with zero attached hydrogens (tertiary/aromatic N) is 1. The molecular formula is C23H22N2O5. The van der Waals surface area contributed by atoms with Crippen LogP contribution in [0, 0.1) is 0 Å². The second kappa shape index (κ2) is 7.18. The van der Waals surface area contributed by atoms with Gasteiger partial charge in [0.15, 0.2) is 5.76 Å². The molecule has 0 fully saturated rings. The molecule has 7 nitrogen and oxygen atoms in total. The minimum atomic E-state index is -0.543. The van der Waals surface area contributed by atoms with Gasteiger partial charge in [-0.05, 0) is 37.3 Å². The molecule has 3 heterocycles. The first-order chi connectivity index (χ1) is 14.6. The van der Waals surface area contributed by atoms with Crippen molar-refractivity contribution < 1.29 is 19.0 Å². The van der Waals surface area contributed by atoms with E-state index in [0.29, 0.717) is 28.6 Å². The Hall–Kier alpha value is -3.32. The molecule has 3 N–H and O–H groups in total. The maximum Gasteiger partial charge on any atom is 0.228 e. The van der Waals surface area contributed by atoms with E-state index >= 15 is 0 Å². The molecule has 0 spiro atoms.